The van der Waals surface area contributed by atoms with Crippen molar-refractivity contribution in [1.29, 1.82) is 0 Å². The number of thioether (sulfide) groups is 6. The van der Waals surface area contributed by atoms with Gasteiger partial charge in [0.2, 0.25) is 0 Å². The first-order valence-corrected chi connectivity index (χ1v) is 16.2. The van der Waals surface area contributed by atoms with Gasteiger partial charge in [-0.1, -0.05) is 82.5 Å². The van der Waals surface area contributed by atoms with Crippen LogP contribution < -0.4 is 0 Å². The van der Waals surface area contributed by atoms with Crippen LogP contribution in [0, 0.1) is 0 Å². The van der Waals surface area contributed by atoms with Crippen LogP contribution >= 0.6 is 114 Å². The SMILES string of the molecule is CC1CSC2=C(SS1)SC(=C1SC3=C(SSC(C)CS3)S1)S2. The van der Waals surface area contributed by atoms with E-state index in [9.17, 15) is 0 Å². The lowest BCUT2D eigenvalue weighted by Crippen LogP contribution is -1.95. The van der Waals surface area contributed by atoms with Crippen molar-refractivity contribution in [2.45, 2.75) is 24.3 Å². The van der Waals surface area contributed by atoms with Crippen molar-refractivity contribution >= 4 is 114 Å². The van der Waals surface area contributed by atoms with E-state index in [1.54, 1.807) is 8.47 Å². The Labute approximate surface area is 173 Å². The molecule has 10 heteroatoms. The minimum Gasteiger partial charge on any atom is -0.116 e. The Kier molecular flexibility index (Phi) is 6.72. The van der Waals surface area contributed by atoms with Crippen molar-refractivity contribution in [3.8, 4) is 0 Å². The van der Waals surface area contributed by atoms with E-state index in [1.807, 2.05) is 90.2 Å². The van der Waals surface area contributed by atoms with Gasteiger partial charge >= 0.3 is 0 Å². The highest BCUT2D eigenvalue weighted by Crippen LogP contribution is 2.69. The fourth-order valence-corrected chi connectivity index (χ4v) is 17.8. The Morgan fingerprint density at radius 2 is 1.00 bits per heavy atom. The van der Waals surface area contributed by atoms with Crippen LogP contribution in [0.5, 0.6) is 0 Å². The van der Waals surface area contributed by atoms with Crippen LogP contribution in [0.15, 0.2) is 25.4 Å². The highest BCUT2D eigenvalue weighted by molar-refractivity contribution is 8.81. The first-order chi connectivity index (χ1) is 10.7. The molecule has 4 rings (SSSR count). The molecule has 0 bridgehead atoms. The molecule has 120 valence electrons. The summed E-state index contributed by atoms with van der Waals surface area (Å²) in [6.45, 7) is 4.66. The van der Waals surface area contributed by atoms with E-state index in [4.69, 9.17) is 0 Å². The molecule has 0 aromatic heterocycles. The molecule has 2 atom stereocenters. The van der Waals surface area contributed by atoms with Crippen LogP contribution in [0.1, 0.15) is 13.8 Å². The van der Waals surface area contributed by atoms with Crippen molar-refractivity contribution < 1.29 is 0 Å². The zero-order valence-corrected chi connectivity index (χ0v) is 19.8. The molecule has 0 saturated heterocycles. The van der Waals surface area contributed by atoms with Crippen molar-refractivity contribution in [2.75, 3.05) is 11.5 Å². The molecule has 0 N–H and O–H groups in total. The smallest absolute Gasteiger partial charge is 0.0768 e. The average Bonchev–Trinajstić information content (AvgIpc) is 3.01. The summed E-state index contributed by atoms with van der Waals surface area (Å²) >= 11 is 12.2. The molecule has 0 spiro atoms. The fraction of sp³-hybridized carbons (Fsp3) is 0.500. The lowest BCUT2D eigenvalue weighted by atomic mass is 10.6. The maximum Gasteiger partial charge on any atom is 0.0768 e. The Balaban J connectivity index is 1.46. The normalized spacial score (nSPS) is 36.3. The summed E-state index contributed by atoms with van der Waals surface area (Å²) in [7, 11) is 8.04. The molecule has 0 fully saturated rings. The van der Waals surface area contributed by atoms with E-state index in [-0.39, 0.29) is 0 Å². The molecular weight excluding hydrogens is 465 g/mol. The number of hydrogen-bond donors (Lipinski definition) is 0. The first-order valence-electron chi connectivity index (χ1n) is 6.55. The summed E-state index contributed by atoms with van der Waals surface area (Å²) < 4.78 is 9.17. The summed E-state index contributed by atoms with van der Waals surface area (Å²) in [5.74, 6) is 2.48. The molecule has 22 heavy (non-hydrogen) atoms. The van der Waals surface area contributed by atoms with Gasteiger partial charge in [-0.15, -0.1) is 23.5 Å². The van der Waals surface area contributed by atoms with Crippen molar-refractivity contribution in [1.82, 2.24) is 0 Å². The van der Waals surface area contributed by atoms with Crippen LogP contribution in [-0.2, 0) is 0 Å². The van der Waals surface area contributed by atoms with Crippen LogP contribution in [-0.4, -0.2) is 22.0 Å². The van der Waals surface area contributed by atoms with Crippen molar-refractivity contribution in [3.05, 3.63) is 25.4 Å². The van der Waals surface area contributed by atoms with Crippen LogP contribution in [0.3, 0.4) is 0 Å². The lowest BCUT2D eigenvalue weighted by molar-refractivity contribution is 1.14. The minimum atomic E-state index is 0.748. The molecule has 0 aromatic carbocycles. The van der Waals surface area contributed by atoms with Gasteiger partial charge < -0.3 is 0 Å². The predicted octanol–water partition coefficient (Wildman–Crippen LogP) is 8.36. The minimum absolute atomic E-state index is 0.748. The zero-order valence-electron chi connectivity index (χ0n) is 11.7. The molecule has 0 nitrogen and oxygen atoms in total. The molecular formula is C12H12S10. The highest BCUT2D eigenvalue weighted by atomic mass is 33.1. The highest BCUT2D eigenvalue weighted by Gasteiger charge is 2.33. The van der Waals surface area contributed by atoms with Crippen LogP contribution in [0.2, 0.25) is 0 Å². The second-order valence-corrected chi connectivity index (χ2v) is 17.7. The van der Waals surface area contributed by atoms with E-state index in [2.05, 4.69) is 37.4 Å². The first kappa shape index (κ1) is 18.1. The third kappa shape index (κ3) is 4.17. The molecule has 2 unspecified atom stereocenters. The molecule has 0 aromatic rings. The quantitative estimate of drug-likeness (QED) is 0.311. The van der Waals surface area contributed by atoms with Gasteiger partial charge in [0.15, 0.2) is 0 Å². The summed E-state index contributed by atoms with van der Waals surface area (Å²) in [6, 6.07) is 0. The monoisotopic (exact) mass is 476 g/mol. The second kappa shape index (κ2) is 8.17. The average molecular weight is 477 g/mol. The van der Waals surface area contributed by atoms with E-state index >= 15 is 0 Å². The fourth-order valence-electron chi connectivity index (χ4n) is 1.68. The van der Waals surface area contributed by atoms with Gasteiger partial charge in [0.05, 0.1) is 25.4 Å². The third-order valence-corrected chi connectivity index (χ3v) is 19.4. The largest absolute Gasteiger partial charge is 0.116 e. The van der Waals surface area contributed by atoms with Gasteiger partial charge in [-0.2, -0.15) is 0 Å². The summed E-state index contributed by atoms with van der Waals surface area (Å²) in [5.41, 5.74) is 0. The topological polar surface area (TPSA) is 0 Å². The summed E-state index contributed by atoms with van der Waals surface area (Å²) in [5, 5.41) is 1.50. The summed E-state index contributed by atoms with van der Waals surface area (Å²) in [4.78, 5) is 0. The third-order valence-electron chi connectivity index (χ3n) is 2.72. The maximum atomic E-state index is 2.33. The maximum absolute atomic E-state index is 2.33. The predicted molar refractivity (Wildman–Crippen MR) is 126 cm³/mol. The van der Waals surface area contributed by atoms with Gasteiger partial charge in [0, 0.05) is 22.0 Å². The van der Waals surface area contributed by atoms with E-state index in [1.165, 1.54) is 28.5 Å². The van der Waals surface area contributed by atoms with Gasteiger partial charge in [-0.3, -0.25) is 0 Å². The molecule has 0 aliphatic carbocycles. The van der Waals surface area contributed by atoms with Gasteiger partial charge in [0.1, 0.15) is 0 Å². The van der Waals surface area contributed by atoms with E-state index in [0.717, 1.165) is 10.5 Å². The Bertz CT molecular complexity index is 482. The molecule has 0 radical (unpaired) electrons. The van der Waals surface area contributed by atoms with Gasteiger partial charge in [0.25, 0.3) is 0 Å². The van der Waals surface area contributed by atoms with Gasteiger partial charge in [-0.05, 0) is 21.6 Å². The molecule has 0 saturated carbocycles. The van der Waals surface area contributed by atoms with Crippen molar-refractivity contribution in [3.63, 3.8) is 0 Å². The van der Waals surface area contributed by atoms with Crippen LogP contribution in [0.25, 0.3) is 0 Å². The molecule has 0 amide bonds. The molecule has 4 aliphatic heterocycles. The van der Waals surface area contributed by atoms with Gasteiger partial charge in [-0.25, -0.2) is 0 Å². The molecule has 4 aliphatic rings. The number of hydrogen-bond acceptors (Lipinski definition) is 10. The standard InChI is InChI=1S/C12H12S10/c1-5-3-13-7-11(21-19-5)17-9(15-7)10-16-8-12(18-10)22-20-6(2)4-14-8/h5-6H,3-4H2,1-2H3. The van der Waals surface area contributed by atoms with E-state index in [0.29, 0.717) is 0 Å². The number of rotatable bonds is 0. The summed E-state index contributed by atoms with van der Waals surface area (Å²) in [6.07, 6.45) is 0. The van der Waals surface area contributed by atoms with Crippen molar-refractivity contribution in [2.24, 2.45) is 0 Å². The van der Waals surface area contributed by atoms with Crippen LogP contribution in [0.4, 0.5) is 0 Å². The molecule has 4 heterocycles. The zero-order chi connectivity index (χ0) is 15.1. The van der Waals surface area contributed by atoms with E-state index < -0.39 is 0 Å². The second-order valence-electron chi connectivity index (χ2n) is 4.74. The lowest BCUT2D eigenvalue weighted by Gasteiger charge is -2.09. The Morgan fingerprint density at radius 1 is 0.591 bits per heavy atom. The Morgan fingerprint density at radius 3 is 1.45 bits per heavy atom. The Hall–Kier alpha value is 2.72.